The Morgan fingerprint density at radius 2 is 2.18 bits per heavy atom. The third-order valence-corrected chi connectivity index (χ3v) is 1.27. The molecule has 0 atom stereocenters. The van der Waals surface area contributed by atoms with Gasteiger partial charge in [-0.15, -0.1) is 0 Å². The lowest BCUT2D eigenvalue weighted by Gasteiger charge is -1.96. The van der Waals surface area contributed by atoms with Crippen LogP contribution in [0, 0.1) is 5.39 Å². The van der Waals surface area contributed by atoms with Gasteiger partial charge < -0.3 is 4.74 Å². The summed E-state index contributed by atoms with van der Waals surface area (Å²) in [4.78, 5) is 3.06. The van der Waals surface area contributed by atoms with E-state index in [1.807, 2.05) is 13.0 Å². The zero-order valence-corrected chi connectivity index (χ0v) is 6.32. The van der Waals surface area contributed by atoms with E-state index < -0.39 is 0 Å². The van der Waals surface area contributed by atoms with Gasteiger partial charge in [0, 0.05) is 6.07 Å². The fraction of sp³-hybridized carbons (Fsp3) is 0.250. The Morgan fingerprint density at radius 3 is 2.82 bits per heavy atom. The minimum Gasteiger partial charge on any atom is -0.486 e. The molecule has 0 saturated heterocycles. The molecule has 11 heavy (non-hydrogen) atoms. The van der Waals surface area contributed by atoms with E-state index in [9.17, 15) is 0 Å². The van der Waals surface area contributed by atoms with Gasteiger partial charge in [-0.05, 0) is 13.0 Å². The van der Waals surface area contributed by atoms with E-state index in [0.717, 1.165) is 0 Å². The van der Waals surface area contributed by atoms with Crippen molar-refractivity contribution >= 4 is 5.69 Å². The van der Waals surface area contributed by atoms with Crippen molar-refractivity contribution in [2.24, 2.45) is 0 Å². The Balaban J connectivity index is 2.95. The van der Waals surface area contributed by atoms with Crippen molar-refractivity contribution in [3.05, 3.63) is 29.2 Å². The van der Waals surface area contributed by atoms with Gasteiger partial charge in [-0.3, -0.25) is 0 Å². The Labute approximate surface area is 65.2 Å². The summed E-state index contributed by atoms with van der Waals surface area (Å²) in [7, 11) is 0. The first-order valence-corrected chi connectivity index (χ1v) is 3.45. The van der Waals surface area contributed by atoms with Crippen LogP contribution in [-0.2, 0) is 0 Å². The molecule has 3 heteroatoms. The molecule has 0 amide bonds. The molecule has 0 saturated carbocycles. The van der Waals surface area contributed by atoms with Crippen molar-refractivity contribution in [2.75, 3.05) is 6.61 Å². The van der Waals surface area contributed by atoms with Crippen LogP contribution in [0.4, 0.5) is 5.69 Å². The number of diazo groups is 1. The molecule has 3 nitrogen and oxygen atoms in total. The molecular weight excluding hydrogens is 140 g/mol. The van der Waals surface area contributed by atoms with Crippen LogP contribution >= 0.6 is 0 Å². The van der Waals surface area contributed by atoms with Crippen molar-refractivity contribution in [3.8, 4) is 5.75 Å². The summed E-state index contributed by atoms with van der Waals surface area (Å²) in [5.74, 6) is 0.609. The smallest absolute Gasteiger partial charge is 0.426 e. The quantitative estimate of drug-likeness (QED) is 0.606. The van der Waals surface area contributed by atoms with Gasteiger partial charge in [0.05, 0.1) is 6.61 Å². The Bertz CT molecular complexity index is 278. The molecule has 0 unspecified atom stereocenters. The average Bonchev–Trinajstić information content (AvgIpc) is 2.06. The minimum atomic E-state index is 0.467. The van der Waals surface area contributed by atoms with Gasteiger partial charge in [-0.1, -0.05) is 12.1 Å². The molecule has 0 aromatic heterocycles. The monoisotopic (exact) mass is 149 g/mol. The lowest BCUT2D eigenvalue weighted by Crippen LogP contribution is -1.90. The predicted molar refractivity (Wildman–Crippen MR) is 42.4 cm³/mol. The summed E-state index contributed by atoms with van der Waals surface area (Å²) in [5.41, 5.74) is 0.467. The number of para-hydroxylation sites is 1. The van der Waals surface area contributed by atoms with Crippen LogP contribution in [0.15, 0.2) is 24.3 Å². The molecule has 0 aliphatic heterocycles. The van der Waals surface area contributed by atoms with Gasteiger partial charge in [0.25, 0.3) is 0 Å². The highest BCUT2D eigenvalue weighted by Gasteiger charge is 2.11. The van der Waals surface area contributed by atoms with Gasteiger partial charge in [0.1, 0.15) is 0 Å². The minimum absolute atomic E-state index is 0.467. The second-order valence-corrected chi connectivity index (χ2v) is 2.00. The third kappa shape index (κ3) is 1.68. The van der Waals surface area contributed by atoms with Crippen molar-refractivity contribution in [2.45, 2.75) is 6.92 Å². The van der Waals surface area contributed by atoms with E-state index >= 15 is 0 Å². The molecule has 1 rings (SSSR count). The van der Waals surface area contributed by atoms with E-state index in [1.54, 1.807) is 18.2 Å². The summed E-state index contributed by atoms with van der Waals surface area (Å²) in [6.45, 7) is 2.46. The summed E-state index contributed by atoms with van der Waals surface area (Å²) < 4.78 is 5.17. The van der Waals surface area contributed by atoms with E-state index in [0.29, 0.717) is 18.0 Å². The molecule has 1 aromatic rings. The molecule has 0 heterocycles. The van der Waals surface area contributed by atoms with E-state index in [4.69, 9.17) is 10.1 Å². The van der Waals surface area contributed by atoms with Gasteiger partial charge in [-0.25, -0.2) is 0 Å². The maximum absolute atomic E-state index is 8.49. The molecule has 56 valence electrons. The SMILES string of the molecule is CCOc1ccccc1[N+]#N. The number of ether oxygens (including phenoxy) is 1. The van der Waals surface area contributed by atoms with Crippen LogP contribution < -0.4 is 4.74 Å². The maximum atomic E-state index is 8.49. The van der Waals surface area contributed by atoms with Crippen molar-refractivity contribution in [1.29, 1.82) is 5.39 Å². The standard InChI is InChI=1S/C8H9N2O/c1-2-11-8-6-4-3-5-7(8)10-9/h3-6H,2H2,1H3/q+1. The van der Waals surface area contributed by atoms with Gasteiger partial charge >= 0.3 is 5.69 Å². The fourth-order valence-corrected chi connectivity index (χ4v) is 0.817. The topological polar surface area (TPSA) is 37.4 Å². The predicted octanol–water partition coefficient (Wildman–Crippen LogP) is 2.57. The first kappa shape index (κ1) is 7.55. The second-order valence-electron chi connectivity index (χ2n) is 2.00. The first-order valence-electron chi connectivity index (χ1n) is 3.45. The molecule has 1 aromatic carbocycles. The molecule has 0 N–H and O–H groups in total. The number of rotatable bonds is 2. The van der Waals surface area contributed by atoms with Gasteiger partial charge in [-0.2, -0.15) is 0 Å². The van der Waals surface area contributed by atoms with E-state index in [1.165, 1.54) is 0 Å². The Hall–Kier alpha value is -1.56. The summed E-state index contributed by atoms with van der Waals surface area (Å²) >= 11 is 0. The molecule has 0 bridgehead atoms. The number of hydrogen-bond acceptors (Lipinski definition) is 2. The summed E-state index contributed by atoms with van der Waals surface area (Å²) in [5, 5.41) is 8.49. The van der Waals surface area contributed by atoms with Crippen LogP contribution in [-0.4, -0.2) is 6.61 Å². The number of hydrogen-bond donors (Lipinski definition) is 0. The zero-order chi connectivity index (χ0) is 8.10. The van der Waals surface area contributed by atoms with Crippen LogP contribution in [0.5, 0.6) is 5.75 Å². The number of nitrogens with zero attached hydrogens (tertiary/aromatic N) is 2. The van der Waals surface area contributed by atoms with Gasteiger partial charge in [0.2, 0.25) is 11.1 Å². The highest BCUT2D eigenvalue weighted by molar-refractivity contribution is 5.56. The Morgan fingerprint density at radius 1 is 1.45 bits per heavy atom. The maximum Gasteiger partial charge on any atom is 0.426 e. The fourth-order valence-electron chi connectivity index (χ4n) is 0.817. The van der Waals surface area contributed by atoms with Crippen LogP contribution in [0.25, 0.3) is 4.98 Å². The van der Waals surface area contributed by atoms with Gasteiger partial charge in [0.15, 0.2) is 4.98 Å². The largest absolute Gasteiger partial charge is 0.486 e. The normalized spacial score (nSPS) is 8.73. The molecular formula is C8H9N2O+. The van der Waals surface area contributed by atoms with E-state index in [2.05, 4.69) is 4.98 Å². The van der Waals surface area contributed by atoms with E-state index in [-0.39, 0.29) is 0 Å². The summed E-state index contributed by atoms with van der Waals surface area (Å²) in [6, 6.07) is 7.07. The van der Waals surface area contributed by atoms with Crippen molar-refractivity contribution in [1.82, 2.24) is 0 Å². The number of benzene rings is 1. The molecule has 0 fully saturated rings. The van der Waals surface area contributed by atoms with Crippen LogP contribution in [0.1, 0.15) is 6.92 Å². The Kier molecular flexibility index (Phi) is 2.45. The highest BCUT2D eigenvalue weighted by atomic mass is 16.5. The van der Waals surface area contributed by atoms with Crippen molar-refractivity contribution < 1.29 is 4.74 Å². The average molecular weight is 149 g/mol. The van der Waals surface area contributed by atoms with Crippen LogP contribution in [0.3, 0.4) is 0 Å². The molecule has 0 aliphatic carbocycles. The van der Waals surface area contributed by atoms with Crippen LogP contribution in [0.2, 0.25) is 0 Å². The molecule has 0 aliphatic rings. The summed E-state index contributed by atoms with van der Waals surface area (Å²) in [6.07, 6.45) is 0. The third-order valence-electron chi connectivity index (χ3n) is 1.27. The highest BCUT2D eigenvalue weighted by Crippen LogP contribution is 2.26. The first-order chi connectivity index (χ1) is 5.38. The second kappa shape index (κ2) is 3.57. The van der Waals surface area contributed by atoms with Crippen molar-refractivity contribution in [3.63, 3.8) is 0 Å². The lowest BCUT2D eigenvalue weighted by molar-refractivity contribution is 0.342. The zero-order valence-electron chi connectivity index (χ0n) is 6.32. The lowest BCUT2D eigenvalue weighted by atomic mass is 10.3. The molecule has 0 spiro atoms. The molecule has 0 radical (unpaired) electrons.